The lowest BCUT2D eigenvalue weighted by Crippen LogP contribution is -2.13. The highest BCUT2D eigenvalue weighted by Crippen LogP contribution is 2.28. The molecule has 0 spiro atoms. The van der Waals surface area contributed by atoms with Crippen molar-refractivity contribution in [2.45, 2.75) is 20.3 Å². The third kappa shape index (κ3) is 2.70. The van der Waals surface area contributed by atoms with Crippen molar-refractivity contribution in [3.05, 3.63) is 76.5 Å². The molecular formula is C19H17NO2. The lowest BCUT2D eigenvalue weighted by molar-refractivity contribution is -0.114. The monoisotopic (exact) mass is 291 g/mol. The van der Waals surface area contributed by atoms with Gasteiger partial charge in [0.2, 0.25) is 5.78 Å². The SMILES string of the molecule is Cc1cc(C)c2c(c1)CC(=O)C=C(C(=O)c1ccccc1)N2. The van der Waals surface area contributed by atoms with Crippen LogP contribution in [0.1, 0.15) is 27.0 Å². The molecular weight excluding hydrogens is 274 g/mol. The molecule has 110 valence electrons. The highest BCUT2D eigenvalue weighted by molar-refractivity contribution is 6.14. The van der Waals surface area contributed by atoms with Gasteiger partial charge in [0.15, 0.2) is 5.78 Å². The number of hydrogen-bond acceptors (Lipinski definition) is 3. The van der Waals surface area contributed by atoms with E-state index in [0.29, 0.717) is 17.7 Å². The highest BCUT2D eigenvalue weighted by Gasteiger charge is 2.21. The van der Waals surface area contributed by atoms with Crippen LogP contribution in [0.5, 0.6) is 0 Å². The minimum absolute atomic E-state index is 0.0597. The van der Waals surface area contributed by atoms with Gasteiger partial charge in [-0.3, -0.25) is 9.59 Å². The molecule has 0 radical (unpaired) electrons. The van der Waals surface area contributed by atoms with Crippen LogP contribution in [0, 0.1) is 13.8 Å². The Bertz CT molecular complexity index is 789. The largest absolute Gasteiger partial charge is 0.352 e. The number of anilines is 1. The molecule has 3 heteroatoms. The van der Waals surface area contributed by atoms with Gasteiger partial charge in [-0.25, -0.2) is 0 Å². The van der Waals surface area contributed by atoms with E-state index in [0.717, 1.165) is 22.4 Å². The predicted molar refractivity (Wildman–Crippen MR) is 87.1 cm³/mol. The van der Waals surface area contributed by atoms with Crippen LogP contribution in [0.2, 0.25) is 0 Å². The van der Waals surface area contributed by atoms with Gasteiger partial charge < -0.3 is 5.32 Å². The zero-order chi connectivity index (χ0) is 15.7. The van der Waals surface area contributed by atoms with Crippen LogP contribution in [0.15, 0.2) is 54.2 Å². The van der Waals surface area contributed by atoms with Crippen LogP contribution < -0.4 is 5.32 Å². The van der Waals surface area contributed by atoms with E-state index in [1.165, 1.54) is 6.08 Å². The van der Waals surface area contributed by atoms with E-state index < -0.39 is 0 Å². The zero-order valence-electron chi connectivity index (χ0n) is 12.6. The molecule has 0 saturated carbocycles. The summed E-state index contributed by atoms with van der Waals surface area (Å²) in [5, 5.41) is 3.17. The maximum atomic E-state index is 12.6. The number of ketones is 2. The normalized spacial score (nSPS) is 13.7. The number of benzene rings is 2. The van der Waals surface area contributed by atoms with Gasteiger partial charge in [0.05, 0.1) is 5.70 Å². The maximum Gasteiger partial charge on any atom is 0.209 e. The van der Waals surface area contributed by atoms with E-state index in [2.05, 4.69) is 5.32 Å². The molecule has 1 aliphatic heterocycles. The number of Topliss-reactive ketones (excluding diaryl/α,β-unsaturated/α-hetero) is 1. The first-order valence-corrected chi connectivity index (χ1v) is 7.26. The molecule has 0 fully saturated rings. The number of rotatable bonds is 2. The molecule has 0 amide bonds. The van der Waals surface area contributed by atoms with Crippen molar-refractivity contribution in [2.24, 2.45) is 0 Å². The first kappa shape index (κ1) is 14.3. The molecule has 3 rings (SSSR count). The Labute approximate surface area is 129 Å². The van der Waals surface area contributed by atoms with Crippen molar-refractivity contribution in [3.8, 4) is 0 Å². The second-order valence-electron chi connectivity index (χ2n) is 5.64. The Morgan fingerprint density at radius 2 is 1.82 bits per heavy atom. The van der Waals surface area contributed by atoms with Gasteiger partial charge in [-0.05, 0) is 25.0 Å². The van der Waals surface area contributed by atoms with Crippen LogP contribution in [0.3, 0.4) is 0 Å². The molecule has 3 nitrogen and oxygen atoms in total. The summed E-state index contributed by atoms with van der Waals surface area (Å²) < 4.78 is 0. The summed E-state index contributed by atoms with van der Waals surface area (Å²) in [5.41, 5.74) is 4.87. The second-order valence-corrected chi connectivity index (χ2v) is 5.64. The molecule has 0 unspecified atom stereocenters. The third-order valence-corrected chi connectivity index (χ3v) is 3.77. The van der Waals surface area contributed by atoms with Gasteiger partial charge in [-0.1, -0.05) is 48.0 Å². The molecule has 0 bridgehead atoms. The van der Waals surface area contributed by atoms with Crippen molar-refractivity contribution < 1.29 is 9.59 Å². The Balaban J connectivity index is 2.03. The second kappa shape index (κ2) is 5.60. The van der Waals surface area contributed by atoms with Gasteiger partial charge in [0, 0.05) is 23.7 Å². The molecule has 0 aromatic heterocycles. The number of carbonyl (C=O) groups is 2. The number of hydrogen-bond donors (Lipinski definition) is 1. The van der Waals surface area contributed by atoms with Gasteiger partial charge in [-0.2, -0.15) is 0 Å². The van der Waals surface area contributed by atoms with E-state index in [4.69, 9.17) is 0 Å². The molecule has 1 N–H and O–H groups in total. The quantitative estimate of drug-likeness (QED) is 0.860. The van der Waals surface area contributed by atoms with Crippen LogP contribution in [-0.4, -0.2) is 11.6 Å². The molecule has 22 heavy (non-hydrogen) atoms. The number of fused-ring (bicyclic) bond motifs is 1. The number of aryl methyl sites for hydroxylation is 2. The molecule has 1 aliphatic rings. The van der Waals surface area contributed by atoms with E-state index in [-0.39, 0.29) is 11.6 Å². The van der Waals surface area contributed by atoms with Gasteiger partial charge in [-0.15, -0.1) is 0 Å². The lowest BCUT2D eigenvalue weighted by atomic mass is 10.0. The van der Waals surface area contributed by atoms with Crippen molar-refractivity contribution in [3.63, 3.8) is 0 Å². The van der Waals surface area contributed by atoms with E-state index >= 15 is 0 Å². The minimum atomic E-state index is -0.165. The lowest BCUT2D eigenvalue weighted by Gasteiger charge is -2.14. The first-order chi connectivity index (χ1) is 10.5. The van der Waals surface area contributed by atoms with Crippen molar-refractivity contribution in [1.29, 1.82) is 0 Å². The van der Waals surface area contributed by atoms with Crippen LogP contribution in [-0.2, 0) is 11.2 Å². The summed E-state index contributed by atoms with van der Waals surface area (Å²) in [5.74, 6) is -0.225. The fourth-order valence-corrected chi connectivity index (χ4v) is 2.81. The summed E-state index contributed by atoms with van der Waals surface area (Å²) in [4.78, 5) is 24.7. The van der Waals surface area contributed by atoms with E-state index in [9.17, 15) is 9.59 Å². The van der Waals surface area contributed by atoms with Gasteiger partial charge in [0.25, 0.3) is 0 Å². The standard InChI is InChI=1S/C19H17NO2/c1-12-8-13(2)18-15(9-12)10-16(21)11-17(20-18)19(22)14-6-4-3-5-7-14/h3-9,11,20H,10H2,1-2H3. The summed E-state index contributed by atoms with van der Waals surface area (Å²) in [7, 11) is 0. The van der Waals surface area contributed by atoms with Gasteiger partial charge in [0.1, 0.15) is 0 Å². The van der Waals surface area contributed by atoms with E-state index in [1.807, 2.05) is 44.2 Å². The van der Waals surface area contributed by atoms with Crippen LogP contribution in [0.4, 0.5) is 5.69 Å². The average Bonchev–Trinajstić information content (AvgIpc) is 2.66. The summed E-state index contributed by atoms with van der Waals surface area (Å²) >= 11 is 0. The number of nitrogens with one attached hydrogen (secondary N) is 1. The molecule has 2 aromatic rings. The van der Waals surface area contributed by atoms with Crippen LogP contribution >= 0.6 is 0 Å². The first-order valence-electron chi connectivity index (χ1n) is 7.26. The molecule has 0 atom stereocenters. The summed E-state index contributed by atoms with van der Waals surface area (Å²) in [6.45, 7) is 3.99. The van der Waals surface area contributed by atoms with Crippen LogP contribution in [0.25, 0.3) is 0 Å². The topological polar surface area (TPSA) is 46.2 Å². The zero-order valence-corrected chi connectivity index (χ0v) is 12.6. The molecule has 0 saturated heterocycles. The number of carbonyl (C=O) groups excluding carboxylic acids is 2. The average molecular weight is 291 g/mol. The van der Waals surface area contributed by atoms with Crippen molar-refractivity contribution >= 4 is 17.3 Å². The Morgan fingerprint density at radius 3 is 2.55 bits per heavy atom. The fraction of sp³-hybridized carbons (Fsp3) is 0.158. The Kier molecular flexibility index (Phi) is 3.63. The molecule has 0 aliphatic carbocycles. The molecule has 2 aromatic carbocycles. The van der Waals surface area contributed by atoms with E-state index in [1.54, 1.807) is 12.1 Å². The fourth-order valence-electron chi connectivity index (χ4n) is 2.81. The Hall–Kier alpha value is -2.68. The summed E-state index contributed by atoms with van der Waals surface area (Å²) in [6.07, 6.45) is 1.74. The number of allylic oxidation sites excluding steroid dienone is 2. The Morgan fingerprint density at radius 1 is 1.09 bits per heavy atom. The molecule has 1 heterocycles. The summed E-state index contributed by atoms with van der Waals surface area (Å²) in [6, 6.07) is 13.0. The minimum Gasteiger partial charge on any atom is -0.352 e. The van der Waals surface area contributed by atoms with Crippen molar-refractivity contribution in [2.75, 3.05) is 5.32 Å². The predicted octanol–water partition coefficient (Wildman–Crippen LogP) is 3.61. The third-order valence-electron chi connectivity index (χ3n) is 3.77. The van der Waals surface area contributed by atoms with Crippen molar-refractivity contribution in [1.82, 2.24) is 0 Å². The highest BCUT2D eigenvalue weighted by atomic mass is 16.1. The maximum absolute atomic E-state index is 12.6. The van der Waals surface area contributed by atoms with Gasteiger partial charge >= 0.3 is 0 Å². The smallest absolute Gasteiger partial charge is 0.209 e.